The molecule has 0 saturated carbocycles. The molecule has 0 radical (unpaired) electrons. The Morgan fingerprint density at radius 3 is 2.64 bits per heavy atom. The van der Waals surface area contributed by atoms with Gasteiger partial charge in [0.25, 0.3) is 0 Å². The van der Waals surface area contributed by atoms with Crippen molar-refractivity contribution in [1.29, 1.82) is 0 Å². The third-order valence-electron chi connectivity index (χ3n) is 3.03. The molecule has 0 aliphatic heterocycles. The Morgan fingerprint density at radius 1 is 1.05 bits per heavy atom. The lowest BCUT2D eigenvalue weighted by Gasteiger charge is -2.09. The Bertz CT molecular complexity index is 584. The van der Waals surface area contributed by atoms with Crippen LogP contribution in [0.1, 0.15) is 12.5 Å². The summed E-state index contributed by atoms with van der Waals surface area (Å²) in [5.41, 5.74) is 1.72. The molecule has 2 aromatic rings. The molecule has 1 N–H and O–H groups in total. The lowest BCUT2D eigenvalue weighted by Crippen LogP contribution is -2.14. The second-order valence-electron chi connectivity index (χ2n) is 4.78. The van der Waals surface area contributed by atoms with Crippen molar-refractivity contribution in [3.63, 3.8) is 0 Å². The maximum absolute atomic E-state index is 12.0. The maximum atomic E-state index is 12.0. The molecule has 0 fully saturated rings. The summed E-state index contributed by atoms with van der Waals surface area (Å²) in [6.45, 7) is 3.68. The number of carbonyl (C=O) groups is 1. The van der Waals surface area contributed by atoms with Crippen molar-refractivity contribution in [3.05, 3.63) is 60.2 Å². The third kappa shape index (κ3) is 5.58. The molecule has 0 aliphatic carbocycles. The van der Waals surface area contributed by atoms with E-state index < -0.39 is 0 Å². The fraction of sp³-hybridized carbons (Fsp3) is 0.278. The first-order valence-corrected chi connectivity index (χ1v) is 7.42. The minimum atomic E-state index is -0.0438. The molecule has 22 heavy (non-hydrogen) atoms. The van der Waals surface area contributed by atoms with Gasteiger partial charge in [-0.25, -0.2) is 0 Å². The Hall–Kier alpha value is -2.33. The standard InChI is InChI=1S/C18H21NO3/c1-2-21-11-12-22-17-10-6-9-16(14-17)19-18(20)13-15-7-4-3-5-8-15/h3-10,14H,2,11-13H2,1H3,(H,19,20). The summed E-state index contributed by atoms with van der Waals surface area (Å²) in [6.07, 6.45) is 0.357. The van der Waals surface area contributed by atoms with Crippen LogP contribution in [-0.4, -0.2) is 25.7 Å². The van der Waals surface area contributed by atoms with E-state index in [2.05, 4.69) is 5.32 Å². The Morgan fingerprint density at radius 2 is 1.86 bits per heavy atom. The molecule has 0 atom stereocenters. The molecular weight excluding hydrogens is 278 g/mol. The zero-order valence-corrected chi connectivity index (χ0v) is 12.7. The van der Waals surface area contributed by atoms with Crippen LogP contribution in [0, 0.1) is 0 Å². The van der Waals surface area contributed by atoms with Gasteiger partial charge in [-0.05, 0) is 24.6 Å². The van der Waals surface area contributed by atoms with Crippen LogP contribution in [0.4, 0.5) is 5.69 Å². The summed E-state index contributed by atoms with van der Waals surface area (Å²) < 4.78 is 10.8. The van der Waals surface area contributed by atoms with Crippen LogP contribution in [0.25, 0.3) is 0 Å². The first-order valence-electron chi connectivity index (χ1n) is 7.42. The van der Waals surface area contributed by atoms with Crippen LogP contribution in [-0.2, 0) is 16.0 Å². The van der Waals surface area contributed by atoms with Crippen LogP contribution in [0.15, 0.2) is 54.6 Å². The maximum Gasteiger partial charge on any atom is 0.228 e. The van der Waals surface area contributed by atoms with Crippen LogP contribution in [0.5, 0.6) is 5.75 Å². The van der Waals surface area contributed by atoms with Gasteiger partial charge in [-0.1, -0.05) is 36.4 Å². The number of anilines is 1. The Balaban J connectivity index is 1.85. The van der Waals surface area contributed by atoms with Crippen molar-refractivity contribution in [2.75, 3.05) is 25.1 Å². The molecule has 0 aliphatic rings. The van der Waals surface area contributed by atoms with Gasteiger partial charge in [0.1, 0.15) is 12.4 Å². The van der Waals surface area contributed by atoms with E-state index in [-0.39, 0.29) is 5.91 Å². The fourth-order valence-corrected chi connectivity index (χ4v) is 2.01. The highest BCUT2D eigenvalue weighted by Crippen LogP contribution is 2.17. The van der Waals surface area contributed by atoms with E-state index >= 15 is 0 Å². The van der Waals surface area contributed by atoms with Gasteiger partial charge in [-0.3, -0.25) is 4.79 Å². The van der Waals surface area contributed by atoms with E-state index in [9.17, 15) is 4.79 Å². The highest BCUT2D eigenvalue weighted by atomic mass is 16.5. The number of hydrogen-bond acceptors (Lipinski definition) is 3. The minimum Gasteiger partial charge on any atom is -0.491 e. The van der Waals surface area contributed by atoms with E-state index in [4.69, 9.17) is 9.47 Å². The van der Waals surface area contributed by atoms with Crippen LogP contribution >= 0.6 is 0 Å². The van der Waals surface area contributed by atoms with Gasteiger partial charge >= 0.3 is 0 Å². The summed E-state index contributed by atoms with van der Waals surface area (Å²) in [6, 6.07) is 17.0. The number of hydrogen-bond donors (Lipinski definition) is 1. The average Bonchev–Trinajstić information content (AvgIpc) is 2.53. The minimum absolute atomic E-state index is 0.0438. The van der Waals surface area contributed by atoms with Gasteiger partial charge < -0.3 is 14.8 Å². The molecule has 0 aromatic heterocycles. The topological polar surface area (TPSA) is 47.6 Å². The normalized spacial score (nSPS) is 10.2. The van der Waals surface area contributed by atoms with E-state index in [0.29, 0.717) is 26.2 Å². The quantitative estimate of drug-likeness (QED) is 0.761. The monoisotopic (exact) mass is 299 g/mol. The number of benzene rings is 2. The number of rotatable bonds is 8. The summed E-state index contributed by atoms with van der Waals surface area (Å²) in [4.78, 5) is 12.0. The summed E-state index contributed by atoms with van der Waals surface area (Å²) >= 11 is 0. The predicted molar refractivity (Wildman–Crippen MR) is 87.2 cm³/mol. The number of ether oxygens (including phenoxy) is 2. The van der Waals surface area contributed by atoms with Gasteiger partial charge in [0.15, 0.2) is 0 Å². The molecule has 0 heterocycles. The highest BCUT2D eigenvalue weighted by Gasteiger charge is 2.04. The first-order chi connectivity index (χ1) is 10.8. The third-order valence-corrected chi connectivity index (χ3v) is 3.03. The van der Waals surface area contributed by atoms with Crippen molar-refractivity contribution in [2.45, 2.75) is 13.3 Å². The lowest BCUT2D eigenvalue weighted by molar-refractivity contribution is -0.115. The molecule has 0 bridgehead atoms. The van der Waals surface area contributed by atoms with Gasteiger partial charge in [-0.15, -0.1) is 0 Å². The molecule has 0 unspecified atom stereocenters. The molecule has 2 aromatic carbocycles. The fourth-order valence-electron chi connectivity index (χ4n) is 2.01. The second-order valence-corrected chi connectivity index (χ2v) is 4.78. The van der Waals surface area contributed by atoms with E-state index in [1.165, 1.54) is 0 Å². The Labute approximate surface area is 131 Å². The Kier molecular flexibility index (Phi) is 6.45. The molecule has 4 nitrogen and oxygen atoms in total. The van der Waals surface area contributed by atoms with Crippen molar-refractivity contribution in [1.82, 2.24) is 0 Å². The van der Waals surface area contributed by atoms with Crippen molar-refractivity contribution in [2.24, 2.45) is 0 Å². The molecule has 1 amide bonds. The van der Waals surface area contributed by atoms with Crippen molar-refractivity contribution >= 4 is 11.6 Å². The molecule has 0 saturated heterocycles. The number of amides is 1. The molecule has 2 rings (SSSR count). The lowest BCUT2D eigenvalue weighted by atomic mass is 10.1. The molecule has 4 heteroatoms. The van der Waals surface area contributed by atoms with Crippen LogP contribution in [0.3, 0.4) is 0 Å². The van der Waals surface area contributed by atoms with E-state index in [0.717, 1.165) is 17.0 Å². The predicted octanol–water partition coefficient (Wildman–Crippen LogP) is 3.28. The smallest absolute Gasteiger partial charge is 0.228 e. The van der Waals surface area contributed by atoms with Gasteiger partial charge in [-0.2, -0.15) is 0 Å². The van der Waals surface area contributed by atoms with Gasteiger partial charge in [0.05, 0.1) is 13.0 Å². The first kappa shape index (κ1) is 16.0. The van der Waals surface area contributed by atoms with Crippen molar-refractivity contribution in [3.8, 4) is 5.75 Å². The van der Waals surface area contributed by atoms with Gasteiger partial charge in [0, 0.05) is 18.4 Å². The van der Waals surface area contributed by atoms with E-state index in [1.54, 1.807) is 0 Å². The molecular formula is C18H21NO3. The zero-order valence-electron chi connectivity index (χ0n) is 12.7. The SMILES string of the molecule is CCOCCOc1cccc(NC(=O)Cc2ccccc2)c1. The highest BCUT2D eigenvalue weighted by molar-refractivity contribution is 5.92. The van der Waals surface area contributed by atoms with E-state index in [1.807, 2.05) is 61.5 Å². The second kappa shape index (κ2) is 8.85. The van der Waals surface area contributed by atoms with Crippen LogP contribution in [0.2, 0.25) is 0 Å². The summed E-state index contributed by atoms with van der Waals surface area (Å²) in [5.74, 6) is 0.676. The van der Waals surface area contributed by atoms with Gasteiger partial charge in [0.2, 0.25) is 5.91 Å². The molecule has 116 valence electrons. The zero-order chi connectivity index (χ0) is 15.6. The largest absolute Gasteiger partial charge is 0.491 e. The molecule has 0 spiro atoms. The summed E-state index contributed by atoms with van der Waals surface area (Å²) in [7, 11) is 0. The number of carbonyl (C=O) groups excluding carboxylic acids is 1. The van der Waals surface area contributed by atoms with Crippen LogP contribution < -0.4 is 10.1 Å². The number of nitrogens with one attached hydrogen (secondary N) is 1. The summed E-state index contributed by atoms with van der Waals surface area (Å²) in [5, 5.41) is 2.88. The average molecular weight is 299 g/mol. The van der Waals surface area contributed by atoms with Crippen molar-refractivity contribution < 1.29 is 14.3 Å².